The molecule has 7 heteroatoms. The Labute approximate surface area is 100 Å². The predicted molar refractivity (Wildman–Crippen MR) is 61.4 cm³/mol. The summed E-state index contributed by atoms with van der Waals surface area (Å²) in [5, 5.41) is 15.5. The second-order valence-electron chi connectivity index (χ2n) is 3.27. The minimum Gasteiger partial charge on any atom is -0.478 e. The fourth-order valence-corrected chi connectivity index (χ4v) is 2.17. The summed E-state index contributed by atoms with van der Waals surface area (Å²) >= 11 is 1.13. The number of H-pyrrole nitrogens is 1. The maximum Gasteiger partial charge on any atom is 0.343 e. The van der Waals surface area contributed by atoms with Crippen molar-refractivity contribution in [1.82, 2.24) is 14.8 Å². The Morgan fingerprint density at radius 2 is 2.18 bits per heavy atom. The van der Waals surface area contributed by atoms with Crippen LogP contribution in [0.2, 0.25) is 0 Å². The van der Waals surface area contributed by atoms with Crippen LogP contribution in [0.5, 0.6) is 0 Å². The first kappa shape index (κ1) is 11.5. The number of carboxylic acids is 1. The summed E-state index contributed by atoms with van der Waals surface area (Å²) in [4.78, 5) is 22.7. The van der Waals surface area contributed by atoms with E-state index in [9.17, 15) is 9.59 Å². The highest BCUT2D eigenvalue weighted by Gasteiger charge is 2.13. The number of benzene rings is 1. The monoisotopic (exact) mass is 251 g/mol. The molecule has 0 fully saturated rings. The van der Waals surface area contributed by atoms with E-state index in [4.69, 9.17) is 5.11 Å². The number of nitrogens with one attached hydrogen (secondary N) is 1. The van der Waals surface area contributed by atoms with Gasteiger partial charge in [-0.05, 0) is 23.9 Å². The zero-order valence-electron chi connectivity index (χ0n) is 8.88. The van der Waals surface area contributed by atoms with Crippen molar-refractivity contribution < 1.29 is 9.90 Å². The summed E-state index contributed by atoms with van der Waals surface area (Å²) in [5.74, 6) is -1.01. The zero-order valence-corrected chi connectivity index (χ0v) is 9.69. The van der Waals surface area contributed by atoms with Gasteiger partial charge in [0.25, 0.3) is 0 Å². The molecule has 0 bridgehead atoms. The lowest BCUT2D eigenvalue weighted by Crippen LogP contribution is -2.12. The van der Waals surface area contributed by atoms with E-state index in [1.807, 2.05) is 0 Å². The highest BCUT2D eigenvalue weighted by molar-refractivity contribution is 7.99. The number of carbonyl (C=O) groups is 1. The van der Waals surface area contributed by atoms with Crippen LogP contribution in [0.4, 0.5) is 0 Å². The van der Waals surface area contributed by atoms with Crippen LogP contribution in [0.15, 0.2) is 39.1 Å². The van der Waals surface area contributed by atoms with Gasteiger partial charge in [0.05, 0.1) is 5.56 Å². The first-order chi connectivity index (χ1) is 8.09. The van der Waals surface area contributed by atoms with Crippen LogP contribution in [0.1, 0.15) is 10.4 Å². The fourth-order valence-electron chi connectivity index (χ4n) is 1.25. The summed E-state index contributed by atoms with van der Waals surface area (Å²) < 4.78 is 1.32. The van der Waals surface area contributed by atoms with Gasteiger partial charge in [-0.3, -0.25) is 4.57 Å². The van der Waals surface area contributed by atoms with Crippen LogP contribution in [0, 0.1) is 0 Å². The van der Waals surface area contributed by atoms with E-state index in [2.05, 4.69) is 10.2 Å². The van der Waals surface area contributed by atoms with Gasteiger partial charge in [0.2, 0.25) is 0 Å². The van der Waals surface area contributed by atoms with Crippen molar-refractivity contribution >= 4 is 17.7 Å². The van der Waals surface area contributed by atoms with E-state index in [0.29, 0.717) is 10.1 Å². The van der Waals surface area contributed by atoms with E-state index in [0.717, 1.165) is 11.8 Å². The van der Waals surface area contributed by atoms with Crippen molar-refractivity contribution in [2.75, 3.05) is 0 Å². The average molecular weight is 251 g/mol. The standard InChI is InChI=1S/C10H9N3O3S/c1-13-9(16)11-12-10(13)17-7-5-3-2-4-6(7)8(14)15/h2-5H,1H3,(H,11,16)(H,14,15). The molecular weight excluding hydrogens is 242 g/mol. The number of hydrogen-bond acceptors (Lipinski definition) is 4. The van der Waals surface area contributed by atoms with E-state index in [-0.39, 0.29) is 11.3 Å². The van der Waals surface area contributed by atoms with Crippen molar-refractivity contribution in [3.8, 4) is 0 Å². The van der Waals surface area contributed by atoms with Gasteiger partial charge in [0, 0.05) is 11.9 Å². The molecule has 88 valence electrons. The van der Waals surface area contributed by atoms with Gasteiger partial charge in [-0.15, -0.1) is 5.10 Å². The molecule has 6 nitrogen and oxygen atoms in total. The maximum atomic E-state index is 11.2. The van der Waals surface area contributed by atoms with Crippen molar-refractivity contribution in [1.29, 1.82) is 0 Å². The second kappa shape index (κ2) is 4.46. The molecule has 0 saturated carbocycles. The maximum absolute atomic E-state index is 11.2. The molecule has 1 aromatic carbocycles. The third kappa shape index (κ3) is 2.23. The number of aromatic carboxylic acids is 1. The number of nitrogens with zero attached hydrogens (tertiary/aromatic N) is 2. The van der Waals surface area contributed by atoms with Gasteiger partial charge >= 0.3 is 11.7 Å². The first-order valence-electron chi connectivity index (χ1n) is 4.71. The summed E-state index contributed by atoms with van der Waals surface area (Å²) in [6.07, 6.45) is 0. The third-order valence-electron chi connectivity index (χ3n) is 2.16. The van der Waals surface area contributed by atoms with Crippen molar-refractivity contribution in [3.63, 3.8) is 0 Å². The number of carboxylic acid groups (broad SMARTS) is 1. The Kier molecular flexibility index (Phi) is 3.01. The molecule has 1 heterocycles. The third-order valence-corrected chi connectivity index (χ3v) is 3.28. The molecule has 2 N–H and O–H groups in total. The fraction of sp³-hybridized carbons (Fsp3) is 0.100. The molecule has 0 atom stereocenters. The van der Waals surface area contributed by atoms with Crippen LogP contribution in [-0.2, 0) is 7.05 Å². The van der Waals surface area contributed by atoms with Crippen molar-refractivity contribution in [2.45, 2.75) is 10.1 Å². The Balaban J connectivity index is 2.40. The smallest absolute Gasteiger partial charge is 0.343 e. The molecule has 0 aliphatic carbocycles. The molecule has 0 unspecified atom stereocenters. The molecule has 0 amide bonds. The van der Waals surface area contributed by atoms with Crippen LogP contribution in [0.3, 0.4) is 0 Å². The molecule has 0 aliphatic rings. The molecule has 17 heavy (non-hydrogen) atoms. The summed E-state index contributed by atoms with van der Waals surface area (Å²) in [6, 6.07) is 6.57. The van der Waals surface area contributed by atoms with E-state index >= 15 is 0 Å². The number of aromatic nitrogens is 3. The van der Waals surface area contributed by atoms with Gasteiger partial charge in [-0.2, -0.15) is 0 Å². The lowest BCUT2D eigenvalue weighted by atomic mass is 10.2. The van der Waals surface area contributed by atoms with Crippen molar-refractivity contribution in [3.05, 3.63) is 40.3 Å². The van der Waals surface area contributed by atoms with Gasteiger partial charge in [-0.1, -0.05) is 12.1 Å². The second-order valence-corrected chi connectivity index (χ2v) is 4.28. The van der Waals surface area contributed by atoms with E-state index in [1.165, 1.54) is 10.6 Å². The Morgan fingerprint density at radius 3 is 2.76 bits per heavy atom. The van der Waals surface area contributed by atoms with Gasteiger partial charge in [-0.25, -0.2) is 14.7 Å². The molecule has 2 rings (SSSR count). The molecular formula is C10H9N3O3S. The summed E-state index contributed by atoms with van der Waals surface area (Å²) in [7, 11) is 1.57. The number of hydrogen-bond donors (Lipinski definition) is 2. The average Bonchev–Trinajstić information content (AvgIpc) is 2.61. The topological polar surface area (TPSA) is 88.0 Å². The SMILES string of the molecule is Cn1c(Sc2ccccc2C(=O)O)n[nH]c1=O. The zero-order chi connectivity index (χ0) is 12.4. The molecule has 0 aliphatic heterocycles. The normalized spacial score (nSPS) is 10.4. The minimum atomic E-state index is -1.01. The lowest BCUT2D eigenvalue weighted by molar-refractivity contribution is 0.0693. The molecule has 1 aromatic heterocycles. The van der Waals surface area contributed by atoms with Gasteiger partial charge in [0.1, 0.15) is 0 Å². The van der Waals surface area contributed by atoms with E-state index < -0.39 is 5.97 Å². The Morgan fingerprint density at radius 1 is 1.47 bits per heavy atom. The lowest BCUT2D eigenvalue weighted by Gasteiger charge is -2.03. The largest absolute Gasteiger partial charge is 0.478 e. The first-order valence-corrected chi connectivity index (χ1v) is 5.53. The van der Waals surface area contributed by atoms with Crippen molar-refractivity contribution in [2.24, 2.45) is 7.05 Å². The van der Waals surface area contributed by atoms with Crippen LogP contribution in [-0.4, -0.2) is 25.8 Å². The van der Waals surface area contributed by atoms with Gasteiger partial charge < -0.3 is 5.11 Å². The molecule has 2 aromatic rings. The highest BCUT2D eigenvalue weighted by Crippen LogP contribution is 2.27. The Bertz CT molecular complexity index is 617. The minimum absolute atomic E-state index is 0.188. The summed E-state index contributed by atoms with van der Waals surface area (Å²) in [5.41, 5.74) is -0.145. The quantitative estimate of drug-likeness (QED) is 0.848. The molecule has 0 spiro atoms. The molecule has 0 radical (unpaired) electrons. The number of rotatable bonds is 3. The summed E-state index contributed by atoms with van der Waals surface area (Å²) in [6.45, 7) is 0. The number of aromatic amines is 1. The van der Waals surface area contributed by atoms with E-state index in [1.54, 1.807) is 25.2 Å². The highest BCUT2D eigenvalue weighted by atomic mass is 32.2. The van der Waals surface area contributed by atoms with Crippen LogP contribution >= 0.6 is 11.8 Å². The van der Waals surface area contributed by atoms with Gasteiger partial charge in [0.15, 0.2) is 5.16 Å². The van der Waals surface area contributed by atoms with Crippen LogP contribution < -0.4 is 5.69 Å². The molecule has 0 saturated heterocycles. The Hall–Kier alpha value is -2.02. The predicted octanol–water partition coefficient (Wildman–Crippen LogP) is 0.958. The van der Waals surface area contributed by atoms with Crippen LogP contribution in [0.25, 0.3) is 0 Å².